The first-order valence-corrected chi connectivity index (χ1v) is 9.56. The number of hydrogen-bond acceptors (Lipinski definition) is 3. The zero-order valence-corrected chi connectivity index (χ0v) is 15.8. The van der Waals surface area contributed by atoms with Gasteiger partial charge >= 0.3 is 0 Å². The van der Waals surface area contributed by atoms with E-state index in [0.717, 1.165) is 25.9 Å². The van der Waals surface area contributed by atoms with Gasteiger partial charge in [-0.1, -0.05) is 19.1 Å². The maximum absolute atomic E-state index is 14.1. The van der Waals surface area contributed by atoms with Crippen molar-refractivity contribution in [2.75, 3.05) is 13.2 Å². The highest BCUT2D eigenvalue weighted by Gasteiger charge is 2.21. The van der Waals surface area contributed by atoms with Crippen LogP contribution in [-0.4, -0.2) is 19.3 Å². The lowest BCUT2D eigenvalue weighted by Gasteiger charge is -2.28. The molecular formula is C22H26F2O3. The summed E-state index contributed by atoms with van der Waals surface area (Å²) in [5.41, 5.74) is 1.38. The molecule has 146 valence electrons. The van der Waals surface area contributed by atoms with Gasteiger partial charge in [0.1, 0.15) is 12.4 Å². The zero-order valence-electron chi connectivity index (χ0n) is 15.8. The first-order valence-electron chi connectivity index (χ1n) is 9.56. The molecule has 0 spiro atoms. The van der Waals surface area contributed by atoms with Gasteiger partial charge in [0.25, 0.3) is 0 Å². The van der Waals surface area contributed by atoms with Gasteiger partial charge in [-0.2, -0.15) is 4.39 Å². The maximum Gasteiger partial charge on any atom is 0.201 e. The van der Waals surface area contributed by atoms with Crippen molar-refractivity contribution in [1.29, 1.82) is 0 Å². The maximum atomic E-state index is 14.1. The van der Waals surface area contributed by atoms with E-state index >= 15 is 0 Å². The van der Waals surface area contributed by atoms with Crippen LogP contribution in [0.2, 0.25) is 0 Å². The minimum absolute atomic E-state index is 0.0424. The van der Waals surface area contributed by atoms with Crippen molar-refractivity contribution in [2.45, 2.75) is 51.7 Å². The van der Waals surface area contributed by atoms with Crippen LogP contribution >= 0.6 is 0 Å². The summed E-state index contributed by atoms with van der Waals surface area (Å²) >= 11 is 0. The summed E-state index contributed by atoms with van der Waals surface area (Å²) < 4.78 is 44.6. The fourth-order valence-electron chi connectivity index (χ4n) is 3.34. The number of rotatable bonds is 7. The van der Waals surface area contributed by atoms with E-state index in [0.29, 0.717) is 17.8 Å². The van der Waals surface area contributed by atoms with Crippen LogP contribution in [0.15, 0.2) is 36.4 Å². The van der Waals surface area contributed by atoms with Crippen LogP contribution in [0, 0.1) is 11.6 Å². The molecule has 0 bridgehead atoms. The van der Waals surface area contributed by atoms with Crippen LogP contribution in [0.4, 0.5) is 8.78 Å². The molecule has 2 unspecified atom stereocenters. The van der Waals surface area contributed by atoms with Crippen LogP contribution in [0.5, 0.6) is 11.5 Å². The molecule has 3 rings (SSSR count). The van der Waals surface area contributed by atoms with E-state index in [-0.39, 0.29) is 24.5 Å². The molecule has 0 aliphatic carbocycles. The largest absolute Gasteiger partial charge is 0.491 e. The predicted octanol–water partition coefficient (Wildman–Crippen LogP) is 5.62. The summed E-state index contributed by atoms with van der Waals surface area (Å²) in [6.45, 7) is 4.86. The molecule has 1 aliphatic heterocycles. The third-order valence-corrected chi connectivity index (χ3v) is 5.00. The monoisotopic (exact) mass is 376 g/mol. The zero-order chi connectivity index (χ0) is 19.2. The van der Waals surface area contributed by atoms with Crippen molar-refractivity contribution in [1.82, 2.24) is 0 Å². The molecule has 0 amide bonds. The van der Waals surface area contributed by atoms with E-state index in [9.17, 15) is 8.78 Å². The molecule has 2 aromatic carbocycles. The highest BCUT2D eigenvalue weighted by Crippen LogP contribution is 2.30. The van der Waals surface area contributed by atoms with E-state index in [1.165, 1.54) is 17.7 Å². The normalized spacial score (nSPS) is 19.7. The van der Waals surface area contributed by atoms with Crippen molar-refractivity contribution < 1.29 is 23.0 Å². The van der Waals surface area contributed by atoms with E-state index in [2.05, 4.69) is 6.92 Å². The Bertz CT molecular complexity index is 738. The summed E-state index contributed by atoms with van der Waals surface area (Å²) in [7, 11) is 0. The molecule has 1 fully saturated rings. The highest BCUT2D eigenvalue weighted by atomic mass is 19.2. The molecule has 0 radical (unpaired) electrons. The minimum atomic E-state index is -0.976. The van der Waals surface area contributed by atoms with Gasteiger partial charge in [0.05, 0.1) is 19.3 Å². The first kappa shape index (κ1) is 19.6. The van der Waals surface area contributed by atoms with Crippen molar-refractivity contribution in [3.05, 3.63) is 59.2 Å². The van der Waals surface area contributed by atoms with Crippen LogP contribution in [0.3, 0.4) is 0 Å². The van der Waals surface area contributed by atoms with Crippen LogP contribution in [0.25, 0.3) is 0 Å². The molecular weight excluding hydrogens is 350 g/mol. The molecule has 2 aromatic rings. The van der Waals surface area contributed by atoms with Crippen LogP contribution in [-0.2, 0) is 11.3 Å². The van der Waals surface area contributed by atoms with Gasteiger partial charge in [-0.05, 0) is 56.0 Å². The lowest BCUT2D eigenvalue weighted by atomic mass is 9.91. The van der Waals surface area contributed by atoms with E-state index < -0.39 is 11.6 Å². The summed E-state index contributed by atoms with van der Waals surface area (Å²) in [4.78, 5) is 0. The standard InChI is InChI=1S/C22H26F2O3/c1-3-18-9-7-16(13-26-18)15-5-10-19(11-6-15)27-14-17-8-12-20(25-4-2)22(24)21(17)23/h5-6,8,10-12,16,18H,3-4,7,9,13-14H2,1-2H3. The van der Waals surface area contributed by atoms with Crippen molar-refractivity contribution in [2.24, 2.45) is 0 Å². The van der Waals surface area contributed by atoms with E-state index in [1.54, 1.807) is 6.92 Å². The Hall–Kier alpha value is -2.14. The molecule has 0 N–H and O–H groups in total. The molecule has 1 heterocycles. The Morgan fingerprint density at radius 1 is 0.963 bits per heavy atom. The van der Waals surface area contributed by atoms with Gasteiger partial charge in [-0.25, -0.2) is 4.39 Å². The van der Waals surface area contributed by atoms with Gasteiger partial charge in [0, 0.05) is 11.5 Å². The van der Waals surface area contributed by atoms with E-state index in [1.807, 2.05) is 24.3 Å². The SMILES string of the molecule is CCOc1ccc(COc2ccc(C3CCC(CC)OC3)cc2)c(F)c1F. The summed E-state index contributed by atoms with van der Waals surface area (Å²) in [5.74, 6) is -0.961. The van der Waals surface area contributed by atoms with Gasteiger partial charge in [-0.3, -0.25) is 0 Å². The Morgan fingerprint density at radius 3 is 2.37 bits per heavy atom. The summed E-state index contributed by atoms with van der Waals surface area (Å²) in [5, 5.41) is 0. The number of hydrogen-bond donors (Lipinski definition) is 0. The molecule has 0 aromatic heterocycles. The summed E-state index contributed by atoms with van der Waals surface area (Å²) in [6.07, 6.45) is 3.65. The molecule has 27 heavy (non-hydrogen) atoms. The third-order valence-electron chi connectivity index (χ3n) is 5.00. The quantitative estimate of drug-likeness (QED) is 0.628. The average molecular weight is 376 g/mol. The topological polar surface area (TPSA) is 27.7 Å². The fraction of sp³-hybridized carbons (Fsp3) is 0.455. The van der Waals surface area contributed by atoms with Crippen molar-refractivity contribution in [3.8, 4) is 11.5 Å². The molecule has 5 heteroatoms. The number of ether oxygens (including phenoxy) is 3. The van der Waals surface area contributed by atoms with Gasteiger partial charge in [0.2, 0.25) is 5.82 Å². The Morgan fingerprint density at radius 2 is 1.74 bits per heavy atom. The van der Waals surface area contributed by atoms with Crippen molar-refractivity contribution >= 4 is 0 Å². The van der Waals surface area contributed by atoms with Gasteiger partial charge < -0.3 is 14.2 Å². The first-order chi connectivity index (χ1) is 13.1. The molecule has 3 nitrogen and oxygen atoms in total. The second-order valence-electron chi connectivity index (χ2n) is 6.78. The smallest absolute Gasteiger partial charge is 0.201 e. The lowest BCUT2D eigenvalue weighted by molar-refractivity contribution is 0.00202. The number of benzene rings is 2. The van der Waals surface area contributed by atoms with Gasteiger partial charge in [-0.15, -0.1) is 0 Å². The van der Waals surface area contributed by atoms with Crippen molar-refractivity contribution in [3.63, 3.8) is 0 Å². The average Bonchev–Trinajstić information content (AvgIpc) is 2.71. The Balaban J connectivity index is 1.58. The van der Waals surface area contributed by atoms with Crippen LogP contribution in [0.1, 0.15) is 50.2 Å². The summed E-state index contributed by atoms with van der Waals surface area (Å²) in [6, 6.07) is 10.7. The minimum Gasteiger partial charge on any atom is -0.491 e. The highest BCUT2D eigenvalue weighted by molar-refractivity contribution is 5.32. The molecule has 0 saturated carbocycles. The second kappa shape index (κ2) is 9.18. The Labute approximate surface area is 159 Å². The second-order valence-corrected chi connectivity index (χ2v) is 6.78. The van der Waals surface area contributed by atoms with Gasteiger partial charge in [0.15, 0.2) is 11.6 Å². The molecule has 2 atom stereocenters. The van der Waals surface area contributed by atoms with E-state index in [4.69, 9.17) is 14.2 Å². The predicted molar refractivity (Wildman–Crippen MR) is 100 cm³/mol. The third kappa shape index (κ3) is 4.78. The number of halogens is 2. The molecule has 1 aliphatic rings. The fourth-order valence-corrected chi connectivity index (χ4v) is 3.34. The van der Waals surface area contributed by atoms with Crippen LogP contribution < -0.4 is 9.47 Å². The lowest BCUT2D eigenvalue weighted by Crippen LogP contribution is -2.23. The Kier molecular flexibility index (Phi) is 6.67. The molecule has 1 saturated heterocycles.